The molecule has 0 aliphatic heterocycles. The molecule has 0 unspecified atom stereocenters. The van der Waals surface area contributed by atoms with Crippen LogP contribution < -0.4 is 10.0 Å². The van der Waals surface area contributed by atoms with E-state index in [2.05, 4.69) is 0 Å². The van der Waals surface area contributed by atoms with Crippen LogP contribution in [-0.2, 0) is 24.0 Å². The first kappa shape index (κ1) is 17.0. The van der Waals surface area contributed by atoms with Crippen molar-refractivity contribution in [1.82, 2.24) is 0 Å². The number of hydrogen-bond donors (Lipinski definition) is 4. The predicted molar refractivity (Wildman–Crippen MR) is 22.2 cm³/mol. The first-order valence-corrected chi connectivity index (χ1v) is 3.08. The van der Waals surface area contributed by atoms with Crippen molar-refractivity contribution < 1.29 is 53.8 Å². The van der Waals surface area contributed by atoms with Gasteiger partial charge in [0.1, 0.15) is 0 Å². The molecule has 0 atom stereocenters. The monoisotopic (exact) mass is 222 g/mol. The molecule has 0 radical (unpaired) electrons. The van der Waals surface area contributed by atoms with Gasteiger partial charge < -0.3 is 29.8 Å². The van der Waals surface area contributed by atoms with E-state index >= 15 is 0 Å². The van der Waals surface area contributed by atoms with E-state index in [0.717, 1.165) is 0 Å². The first-order chi connectivity index (χ1) is 3.73. The van der Waals surface area contributed by atoms with Crippen molar-refractivity contribution in [2.75, 3.05) is 0 Å². The minimum Gasteiger partial charge on any atom is -0.871 e. The quantitative estimate of drug-likeness (QED) is 0.240. The largest absolute Gasteiger partial charge is 2.00 e. The molecule has 4 N–H and O–H groups in total. The molecule has 0 bridgehead atoms. The number of phosphoric acid groups is 1. The van der Waals surface area contributed by atoms with Gasteiger partial charge in [-0.1, -0.05) is 0 Å². The van der Waals surface area contributed by atoms with E-state index in [-0.39, 0.29) is 19.5 Å². The van der Waals surface area contributed by atoms with E-state index in [0.29, 0.717) is 0 Å². The maximum absolute atomic E-state index is 8.88. The summed E-state index contributed by atoms with van der Waals surface area (Å²) in [5, 5.41) is 24.0. The van der Waals surface area contributed by atoms with Gasteiger partial charge in [0, 0.05) is 0 Å². The van der Waals surface area contributed by atoms with Crippen LogP contribution in [-0.4, -0.2) is 27.0 Å². The minimum absolute atomic E-state index is 0. The molecule has 0 fully saturated rings. The SMILES string of the molecule is O=P(O)(O)O.[O-]B([O-])O.[Zn+2]. The van der Waals surface area contributed by atoms with Crippen LogP contribution in [0.1, 0.15) is 0 Å². The molecule has 0 amide bonds. The molecular weight excluding hydrogens is 219 g/mol. The molecule has 10 heavy (non-hydrogen) atoms. The fourth-order valence-corrected chi connectivity index (χ4v) is 0. The Labute approximate surface area is 69.5 Å². The Bertz CT molecular complexity index is 84.8. The zero-order valence-electron chi connectivity index (χ0n) is 4.75. The average molecular weight is 223 g/mol. The first-order valence-electron chi connectivity index (χ1n) is 1.51. The molecule has 0 aliphatic rings. The number of rotatable bonds is 0. The summed E-state index contributed by atoms with van der Waals surface area (Å²) < 4.78 is 8.88. The Morgan fingerprint density at radius 1 is 1.20 bits per heavy atom. The van der Waals surface area contributed by atoms with Crippen molar-refractivity contribution in [3.8, 4) is 0 Å². The summed E-state index contributed by atoms with van der Waals surface area (Å²) >= 11 is 0. The van der Waals surface area contributed by atoms with E-state index in [4.69, 9.17) is 34.3 Å². The molecule has 10 heteroatoms. The van der Waals surface area contributed by atoms with Crippen LogP contribution in [0, 0.1) is 0 Å². The second-order valence-electron chi connectivity index (χ2n) is 0.820. The van der Waals surface area contributed by atoms with Crippen LogP contribution >= 0.6 is 7.82 Å². The van der Waals surface area contributed by atoms with Crippen LogP contribution in [0.15, 0.2) is 0 Å². The van der Waals surface area contributed by atoms with E-state index in [9.17, 15) is 0 Å². The van der Waals surface area contributed by atoms with Crippen molar-refractivity contribution >= 4 is 15.1 Å². The van der Waals surface area contributed by atoms with E-state index in [1.54, 1.807) is 0 Å². The Balaban J connectivity index is -0.0000000910. The fourth-order valence-electron chi connectivity index (χ4n) is 0. The molecule has 0 saturated carbocycles. The molecular formula is H4BO7PZn. The van der Waals surface area contributed by atoms with E-state index < -0.39 is 15.1 Å². The van der Waals surface area contributed by atoms with Crippen molar-refractivity contribution in [2.45, 2.75) is 0 Å². The third-order valence-electron chi connectivity index (χ3n) is 0. The van der Waals surface area contributed by atoms with Gasteiger partial charge in [0.05, 0.1) is 7.32 Å². The zero-order chi connectivity index (χ0) is 8.08. The van der Waals surface area contributed by atoms with Gasteiger partial charge >= 0.3 is 27.3 Å². The molecule has 0 aromatic carbocycles. The summed E-state index contributed by atoms with van der Waals surface area (Å²) in [7, 11) is -7.31. The fraction of sp³-hybridized carbons (Fsp3) is 0. The van der Waals surface area contributed by atoms with E-state index in [1.165, 1.54) is 0 Å². The smallest absolute Gasteiger partial charge is 0.871 e. The molecule has 0 aliphatic carbocycles. The van der Waals surface area contributed by atoms with Crippen LogP contribution in [0.3, 0.4) is 0 Å². The van der Waals surface area contributed by atoms with Crippen LogP contribution in [0.2, 0.25) is 0 Å². The summed E-state index contributed by atoms with van der Waals surface area (Å²) in [6.07, 6.45) is 0. The third kappa shape index (κ3) is 1110. The van der Waals surface area contributed by atoms with Gasteiger partial charge in [-0.15, -0.1) is 0 Å². The predicted octanol–water partition coefficient (Wildman–Crippen LogP) is -4.25. The second kappa shape index (κ2) is 7.78. The Morgan fingerprint density at radius 2 is 1.20 bits per heavy atom. The van der Waals surface area contributed by atoms with Gasteiger partial charge in [-0.05, 0) is 0 Å². The molecule has 0 rings (SSSR count). The Hall–Kier alpha value is 0.678. The molecule has 0 aromatic rings. The zero-order valence-corrected chi connectivity index (χ0v) is 8.61. The Kier molecular flexibility index (Phi) is 13.2. The normalized spacial score (nSPS) is 8.60. The van der Waals surface area contributed by atoms with Crippen molar-refractivity contribution in [1.29, 1.82) is 0 Å². The van der Waals surface area contributed by atoms with Crippen molar-refractivity contribution in [3.63, 3.8) is 0 Å². The summed E-state index contributed by atoms with van der Waals surface area (Å²) in [6.45, 7) is 0. The van der Waals surface area contributed by atoms with Crippen LogP contribution in [0.25, 0.3) is 0 Å². The summed E-state index contributed by atoms with van der Waals surface area (Å²) in [5.74, 6) is 0. The van der Waals surface area contributed by atoms with Crippen LogP contribution in [0.4, 0.5) is 0 Å². The molecule has 0 aromatic heterocycles. The standard InChI is InChI=1S/BHO3.H3O4P.Zn/c2-1(3)4;1-5(2,3)4;/h2H;(H3,1,2,3,4);/q-2;;+2. The topological polar surface area (TPSA) is 144 Å². The van der Waals surface area contributed by atoms with Gasteiger partial charge in [0.15, 0.2) is 0 Å². The van der Waals surface area contributed by atoms with Gasteiger partial charge in [-0.3, -0.25) is 0 Å². The number of hydrogen-bond acceptors (Lipinski definition) is 4. The van der Waals surface area contributed by atoms with Gasteiger partial charge in [0.2, 0.25) is 0 Å². The maximum atomic E-state index is 8.88. The Morgan fingerprint density at radius 3 is 1.20 bits per heavy atom. The van der Waals surface area contributed by atoms with Crippen molar-refractivity contribution in [3.05, 3.63) is 0 Å². The van der Waals surface area contributed by atoms with Gasteiger partial charge in [-0.25, -0.2) is 4.57 Å². The summed E-state index contributed by atoms with van der Waals surface area (Å²) in [6, 6.07) is 0. The third-order valence-corrected chi connectivity index (χ3v) is 0. The summed E-state index contributed by atoms with van der Waals surface area (Å²) in [5.41, 5.74) is 0. The second-order valence-corrected chi connectivity index (χ2v) is 1.85. The molecule has 0 spiro atoms. The molecule has 56 valence electrons. The van der Waals surface area contributed by atoms with Gasteiger partial charge in [-0.2, -0.15) is 0 Å². The minimum atomic E-state index is -4.64. The average Bonchev–Trinajstić information content (AvgIpc) is 1.19. The summed E-state index contributed by atoms with van der Waals surface area (Å²) in [4.78, 5) is 21.6. The molecule has 7 nitrogen and oxygen atoms in total. The molecule has 0 saturated heterocycles. The molecule has 0 heterocycles. The maximum Gasteiger partial charge on any atom is 2.00 e. The van der Waals surface area contributed by atoms with Gasteiger partial charge in [0.25, 0.3) is 0 Å². The van der Waals surface area contributed by atoms with Crippen molar-refractivity contribution in [2.24, 2.45) is 0 Å². The van der Waals surface area contributed by atoms with E-state index in [1.807, 2.05) is 0 Å². The van der Waals surface area contributed by atoms with Crippen LogP contribution in [0.5, 0.6) is 0 Å².